The lowest BCUT2D eigenvalue weighted by molar-refractivity contribution is -0.122. The second kappa shape index (κ2) is 5.71. The molecule has 0 aromatic carbocycles. The summed E-state index contributed by atoms with van der Waals surface area (Å²) in [5.74, 6) is -0.842. The summed E-state index contributed by atoms with van der Waals surface area (Å²) in [5, 5.41) is 2.48. The van der Waals surface area contributed by atoms with E-state index in [1.807, 2.05) is 26.8 Å². The van der Waals surface area contributed by atoms with Gasteiger partial charge in [0.05, 0.1) is 6.42 Å². The topological polar surface area (TPSA) is 98.5 Å². The summed E-state index contributed by atoms with van der Waals surface area (Å²) < 4.78 is 5.83. The van der Waals surface area contributed by atoms with Crippen LogP contribution in [0.3, 0.4) is 0 Å². The Kier molecular flexibility index (Phi) is 4.16. The van der Waals surface area contributed by atoms with Gasteiger partial charge in [-0.25, -0.2) is 0 Å². The van der Waals surface area contributed by atoms with Crippen LogP contribution in [0.15, 0.2) is 23.5 Å². The number of primary amides is 1. The fraction of sp³-hybridized carbons (Fsp3) is 0.533. The molecule has 2 heterocycles. The van der Waals surface area contributed by atoms with Crippen molar-refractivity contribution in [1.82, 2.24) is 5.32 Å². The summed E-state index contributed by atoms with van der Waals surface area (Å²) in [6, 6.07) is -0.883. The maximum Gasteiger partial charge on any atom is 0.259 e. The number of hydrogen-bond donors (Lipinski definition) is 2. The third kappa shape index (κ3) is 2.99. The van der Waals surface area contributed by atoms with Crippen LogP contribution >= 0.6 is 0 Å². The number of ether oxygens (including phenoxy) is 1. The quantitative estimate of drug-likeness (QED) is 0.582. The maximum absolute atomic E-state index is 12.2. The smallest absolute Gasteiger partial charge is 0.259 e. The highest BCUT2D eigenvalue weighted by molar-refractivity contribution is 6.27. The van der Waals surface area contributed by atoms with Crippen molar-refractivity contribution < 1.29 is 19.1 Å². The Labute approximate surface area is 123 Å². The largest absolute Gasteiger partial charge is 0.489 e. The van der Waals surface area contributed by atoms with E-state index in [2.05, 4.69) is 5.32 Å². The number of allylic oxidation sites excluding steroid dienone is 1. The molecule has 21 heavy (non-hydrogen) atoms. The van der Waals surface area contributed by atoms with Gasteiger partial charge >= 0.3 is 0 Å². The van der Waals surface area contributed by atoms with Gasteiger partial charge in [0.1, 0.15) is 23.5 Å². The maximum atomic E-state index is 12.2. The summed E-state index contributed by atoms with van der Waals surface area (Å²) in [6.07, 6.45) is 3.30. The van der Waals surface area contributed by atoms with Crippen molar-refractivity contribution in [2.45, 2.75) is 39.3 Å². The molecule has 0 aromatic heterocycles. The summed E-state index contributed by atoms with van der Waals surface area (Å²) in [6.45, 7) is 6.07. The van der Waals surface area contributed by atoms with E-state index in [4.69, 9.17) is 10.5 Å². The van der Waals surface area contributed by atoms with Gasteiger partial charge in [0.25, 0.3) is 5.91 Å². The van der Waals surface area contributed by atoms with Gasteiger partial charge in [0.2, 0.25) is 5.91 Å². The van der Waals surface area contributed by atoms with Crippen molar-refractivity contribution in [3.05, 3.63) is 23.5 Å². The Hall–Kier alpha value is -2.11. The molecule has 0 aliphatic carbocycles. The van der Waals surface area contributed by atoms with E-state index in [1.165, 1.54) is 0 Å². The molecule has 0 spiro atoms. The van der Waals surface area contributed by atoms with Gasteiger partial charge in [0, 0.05) is 5.92 Å². The fourth-order valence-electron chi connectivity index (χ4n) is 2.69. The first-order valence-electron chi connectivity index (χ1n) is 7.03. The van der Waals surface area contributed by atoms with Gasteiger partial charge in [-0.1, -0.05) is 26.8 Å². The number of amides is 2. The summed E-state index contributed by atoms with van der Waals surface area (Å²) >= 11 is 0. The minimum atomic E-state index is -0.883. The molecule has 2 rings (SSSR count). The number of hydrogen-bond acceptors (Lipinski definition) is 4. The minimum absolute atomic E-state index is 0.0185. The molecule has 6 heteroatoms. The number of carbonyl (C=O) groups is 3. The molecule has 2 amide bonds. The molecule has 1 saturated heterocycles. The lowest BCUT2D eigenvalue weighted by Gasteiger charge is -2.30. The number of nitrogens with two attached hydrogens (primary N) is 1. The highest BCUT2D eigenvalue weighted by Gasteiger charge is 2.40. The molecule has 114 valence electrons. The van der Waals surface area contributed by atoms with Crippen molar-refractivity contribution in [2.75, 3.05) is 0 Å². The molecule has 2 aliphatic heterocycles. The molecule has 0 aromatic rings. The van der Waals surface area contributed by atoms with Crippen molar-refractivity contribution >= 4 is 17.6 Å². The first-order valence-corrected chi connectivity index (χ1v) is 7.03. The van der Waals surface area contributed by atoms with Crippen LogP contribution < -0.4 is 11.1 Å². The van der Waals surface area contributed by atoms with E-state index >= 15 is 0 Å². The van der Waals surface area contributed by atoms with Crippen LogP contribution in [0.5, 0.6) is 0 Å². The van der Waals surface area contributed by atoms with Crippen molar-refractivity contribution in [2.24, 2.45) is 17.6 Å². The summed E-state index contributed by atoms with van der Waals surface area (Å²) in [7, 11) is 0. The third-order valence-corrected chi connectivity index (χ3v) is 3.74. The number of Topliss-reactive ketones (excluding diaryl/α,β-unsaturated/α-hetero) is 1. The van der Waals surface area contributed by atoms with Crippen LogP contribution in [0.25, 0.3) is 0 Å². The molecular formula is C15H20N2O4. The molecule has 3 atom stereocenters. The van der Waals surface area contributed by atoms with E-state index in [1.54, 1.807) is 6.08 Å². The van der Waals surface area contributed by atoms with E-state index in [0.717, 1.165) is 0 Å². The average molecular weight is 292 g/mol. The van der Waals surface area contributed by atoms with Gasteiger partial charge in [-0.15, -0.1) is 0 Å². The van der Waals surface area contributed by atoms with Gasteiger partial charge in [0.15, 0.2) is 5.78 Å². The molecule has 6 nitrogen and oxygen atoms in total. The monoisotopic (exact) mass is 292 g/mol. The van der Waals surface area contributed by atoms with Gasteiger partial charge in [-0.05, 0) is 12.0 Å². The van der Waals surface area contributed by atoms with Crippen molar-refractivity contribution in [1.29, 1.82) is 0 Å². The average Bonchev–Trinajstić information content (AvgIpc) is 2.64. The van der Waals surface area contributed by atoms with Crippen LogP contribution in [0, 0.1) is 11.8 Å². The molecule has 2 aliphatic rings. The van der Waals surface area contributed by atoms with Gasteiger partial charge in [-0.3, -0.25) is 14.4 Å². The molecule has 0 radical (unpaired) electrons. The Morgan fingerprint density at radius 3 is 2.67 bits per heavy atom. The molecule has 0 unspecified atom stereocenters. The van der Waals surface area contributed by atoms with Gasteiger partial charge < -0.3 is 15.8 Å². The SMILES string of the molecule is CC(C)[C@@H]1O/C(=C2/C(=O)N[C@H](CC(N)=O)C2=O)C=C[C@@H]1C. The minimum Gasteiger partial charge on any atom is -0.489 e. The Bertz CT molecular complexity index is 548. The Morgan fingerprint density at radius 1 is 1.43 bits per heavy atom. The van der Waals surface area contributed by atoms with E-state index in [-0.39, 0.29) is 35.7 Å². The predicted molar refractivity (Wildman–Crippen MR) is 75.8 cm³/mol. The molecule has 0 saturated carbocycles. The summed E-state index contributed by atoms with van der Waals surface area (Å²) in [5.41, 5.74) is 5.06. The number of nitrogens with one attached hydrogen (secondary N) is 1. The molecule has 1 fully saturated rings. The van der Waals surface area contributed by atoms with Crippen LogP contribution in [0.4, 0.5) is 0 Å². The fourth-order valence-corrected chi connectivity index (χ4v) is 2.69. The standard InChI is InChI=1S/C15H20N2O4/c1-7(2)14-8(3)4-5-10(21-14)12-13(19)9(6-11(16)18)17-15(12)20/h4-5,7-9,14H,6H2,1-3H3,(H2,16,18)(H,17,20)/b12-10+/t8-,9+,14-/m0/s1. The van der Waals surface area contributed by atoms with Crippen molar-refractivity contribution in [3.8, 4) is 0 Å². The van der Waals surface area contributed by atoms with E-state index in [0.29, 0.717) is 0 Å². The zero-order chi connectivity index (χ0) is 15.7. The Morgan fingerprint density at radius 2 is 2.10 bits per heavy atom. The van der Waals surface area contributed by atoms with Gasteiger partial charge in [-0.2, -0.15) is 0 Å². The molecule has 0 bridgehead atoms. The second-order valence-electron chi connectivity index (χ2n) is 5.84. The van der Waals surface area contributed by atoms with Crippen LogP contribution in [0.1, 0.15) is 27.2 Å². The number of carbonyl (C=O) groups excluding carboxylic acids is 3. The molecule has 3 N–H and O–H groups in total. The highest BCUT2D eigenvalue weighted by atomic mass is 16.5. The lowest BCUT2D eigenvalue weighted by atomic mass is 9.91. The normalized spacial score (nSPS) is 32.3. The first-order chi connectivity index (χ1) is 9.81. The number of ketones is 1. The summed E-state index contributed by atoms with van der Waals surface area (Å²) in [4.78, 5) is 35.2. The lowest BCUT2D eigenvalue weighted by Crippen LogP contribution is -2.33. The van der Waals surface area contributed by atoms with Crippen molar-refractivity contribution in [3.63, 3.8) is 0 Å². The van der Waals surface area contributed by atoms with Crippen LogP contribution in [0.2, 0.25) is 0 Å². The number of rotatable bonds is 3. The van der Waals surface area contributed by atoms with E-state index in [9.17, 15) is 14.4 Å². The zero-order valence-corrected chi connectivity index (χ0v) is 12.4. The first kappa shape index (κ1) is 15.3. The Balaban J connectivity index is 2.31. The zero-order valence-electron chi connectivity index (χ0n) is 12.4. The highest BCUT2D eigenvalue weighted by Crippen LogP contribution is 2.29. The predicted octanol–water partition coefficient (Wildman–Crippen LogP) is 0.430. The second-order valence-corrected chi connectivity index (χ2v) is 5.84. The molecular weight excluding hydrogens is 272 g/mol. The van der Waals surface area contributed by atoms with Crippen LogP contribution in [-0.2, 0) is 19.1 Å². The van der Waals surface area contributed by atoms with Crippen LogP contribution in [-0.4, -0.2) is 29.7 Å². The third-order valence-electron chi connectivity index (χ3n) is 3.74. The van der Waals surface area contributed by atoms with E-state index < -0.39 is 23.6 Å².